The summed E-state index contributed by atoms with van der Waals surface area (Å²) in [6.45, 7) is 0. The Morgan fingerprint density at radius 1 is 1.50 bits per heavy atom. The number of anilines is 1. The number of rotatable bonds is 3. The number of amides is 1. The number of ether oxygens (including phenoxy) is 1. The molecule has 0 bridgehead atoms. The molecule has 18 heavy (non-hydrogen) atoms. The molecule has 2 N–H and O–H groups in total. The molecule has 0 saturated heterocycles. The number of carbonyl (C=O) groups is 2. The SMILES string of the molecule is COc1cccc2c1N(C)C(=O)C2(O)CC(=O)O. The van der Waals surface area contributed by atoms with Gasteiger partial charge in [-0.25, -0.2) is 0 Å². The summed E-state index contributed by atoms with van der Waals surface area (Å²) in [7, 11) is 2.92. The Balaban J connectivity index is 2.63. The van der Waals surface area contributed by atoms with E-state index in [1.165, 1.54) is 25.1 Å². The van der Waals surface area contributed by atoms with Crippen molar-refractivity contribution in [3.05, 3.63) is 23.8 Å². The van der Waals surface area contributed by atoms with Crippen LogP contribution in [0.1, 0.15) is 12.0 Å². The molecule has 6 heteroatoms. The smallest absolute Gasteiger partial charge is 0.307 e. The van der Waals surface area contributed by atoms with E-state index in [1.807, 2.05) is 0 Å². The maximum atomic E-state index is 12.0. The van der Waals surface area contributed by atoms with Crippen LogP contribution in [0.3, 0.4) is 0 Å². The number of nitrogens with zero attached hydrogens (tertiary/aromatic N) is 1. The Morgan fingerprint density at radius 3 is 2.72 bits per heavy atom. The highest BCUT2D eigenvalue weighted by molar-refractivity contribution is 6.09. The average molecular weight is 251 g/mol. The molecule has 0 aromatic heterocycles. The van der Waals surface area contributed by atoms with Crippen molar-refractivity contribution in [3.63, 3.8) is 0 Å². The second kappa shape index (κ2) is 3.99. The number of carboxylic acid groups (broad SMARTS) is 1. The van der Waals surface area contributed by atoms with Gasteiger partial charge < -0.3 is 19.8 Å². The first-order chi connectivity index (χ1) is 8.41. The lowest BCUT2D eigenvalue weighted by atomic mass is 9.92. The van der Waals surface area contributed by atoms with Gasteiger partial charge in [-0.05, 0) is 6.07 Å². The van der Waals surface area contributed by atoms with E-state index in [9.17, 15) is 14.7 Å². The lowest BCUT2D eigenvalue weighted by molar-refractivity contribution is -0.150. The fraction of sp³-hybridized carbons (Fsp3) is 0.333. The molecule has 6 nitrogen and oxygen atoms in total. The minimum atomic E-state index is -2.02. The number of methoxy groups -OCH3 is 1. The van der Waals surface area contributed by atoms with Gasteiger partial charge in [0.25, 0.3) is 5.91 Å². The highest BCUT2D eigenvalue weighted by Gasteiger charge is 2.51. The molecule has 1 aromatic carbocycles. The number of aliphatic carboxylic acids is 1. The van der Waals surface area contributed by atoms with E-state index in [0.29, 0.717) is 11.4 Å². The zero-order valence-electron chi connectivity index (χ0n) is 10.0. The summed E-state index contributed by atoms with van der Waals surface area (Å²) in [6, 6.07) is 4.79. The quantitative estimate of drug-likeness (QED) is 0.808. The largest absolute Gasteiger partial charge is 0.495 e. The number of hydrogen-bond acceptors (Lipinski definition) is 4. The van der Waals surface area contributed by atoms with Gasteiger partial charge in [-0.1, -0.05) is 12.1 Å². The molecule has 0 radical (unpaired) electrons. The van der Waals surface area contributed by atoms with E-state index in [-0.39, 0.29) is 5.56 Å². The van der Waals surface area contributed by atoms with Crippen LogP contribution >= 0.6 is 0 Å². The maximum absolute atomic E-state index is 12.0. The summed E-state index contributed by atoms with van der Waals surface area (Å²) in [5, 5.41) is 19.2. The summed E-state index contributed by atoms with van der Waals surface area (Å²) in [5.74, 6) is -1.48. The van der Waals surface area contributed by atoms with E-state index >= 15 is 0 Å². The lowest BCUT2D eigenvalue weighted by Gasteiger charge is -2.19. The molecule has 1 aliphatic rings. The topological polar surface area (TPSA) is 87.1 Å². The molecule has 0 spiro atoms. The summed E-state index contributed by atoms with van der Waals surface area (Å²) < 4.78 is 5.12. The average Bonchev–Trinajstić information content (AvgIpc) is 2.51. The number of carbonyl (C=O) groups excluding carboxylic acids is 1. The molecule has 1 amide bonds. The van der Waals surface area contributed by atoms with E-state index < -0.39 is 23.9 Å². The molecule has 0 fully saturated rings. The van der Waals surface area contributed by atoms with Gasteiger partial charge >= 0.3 is 5.97 Å². The van der Waals surface area contributed by atoms with Gasteiger partial charge in [0.1, 0.15) is 5.75 Å². The highest BCUT2D eigenvalue weighted by Crippen LogP contribution is 2.46. The van der Waals surface area contributed by atoms with Crippen molar-refractivity contribution < 1.29 is 24.5 Å². The summed E-state index contributed by atoms with van der Waals surface area (Å²) in [5.41, 5.74) is -1.35. The molecule has 1 aromatic rings. The third kappa shape index (κ3) is 1.53. The van der Waals surface area contributed by atoms with Crippen LogP contribution in [0.15, 0.2) is 18.2 Å². The fourth-order valence-electron chi connectivity index (χ4n) is 2.25. The molecule has 1 unspecified atom stereocenters. The summed E-state index contributed by atoms with van der Waals surface area (Å²) in [6.07, 6.45) is -0.670. The Labute approximate surface area is 103 Å². The Hall–Kier alpha value is -2.08. The Bertz CT molecular complexity index is 527. The maximum Gasteiger partial charge on any atom is 0.307 e. The van der Waals surface area contributed by atoms with Crippen molar-refractivity contribution in [2.45, 2.75) is 12.0 Å². The first-order valence-corrected chi connectivity index (χ1v) is 5.31. The van der Waals surface area contributed by atoms with Gasteiger partial charge in [-0.15, -0.1) is 0 Å². The summed E-state index contributed by atoms with van der Waals surface area (Å²) in [4.78, 5) is 24.1. The van der Waals surface area contributed by atoms with Crippen molar-refractivity contribution in [2.24, 2.45) is 0 Å². The number of benzene rings is 1. The second-order valence-corrected chi connectivity index (χ2v) is 4.15. The minimum Gasteiger partial charge on any atom is -0.495 e. The van der Waals surface area contributed by atoms with Crippen molar-refractivity contribution in [1.82, 2.24) is 0 Å². The minimum absolute atomic E-state index is 0.261. The van der Waals surface area contributed by atoms with Crippen molar-refractivity contribution in [3.8, 4) is 5.75 Å². The fourth-order valence-corrected chi connectivity index (χ4v) is 2.25. The van der Waals surface area contributed by atoms with E-state index in [4.69, 9.17) is 9.84 Å². The van der Waals surface area contributed by atoms with Gasteiger partial charge in [-0.3, -0.25) is 9.59 Å². The van der Waals surface area contributed by atoms with Crippen molar-refractivity contribution >= 4 is 17.6 Å². The van der Waals surface area contributed by atoms with Crippen LogP contribution in [-0.2, 0) is 15.2 Å². The molecule has 1 aliphatic heterocycles. The molecular weight excluding hydrogens is 238 g/mol. The van der Waals surface area contributed by atoms with Gasteiger partial charge in [0.15, 0.2) is 5.60 Å². The molecule has 1 atom stereocenters. The molecule has 96 valence electrons. The van der Waals surface area contributed by atoms with Crippen LogP contribution in [0, 0.1) is 0 Å². The molecule has 0 saturated carbocycles. The number of hydrogen-bond donors (Lipinski definition) is 2. The van der Waals surface area contributed by atoms with Gasteiger partial charge in [0, 0.05) is 12.6 Å². The zero-order valence-corrected chi connectivity index (χ0v) is 10.0. The summed E-state index contributed by atoms with van der Waals surface area (Å²) >= 11 is 0. The predicted molar refractivity (Wildman–Crippen MR) is 62.6 cm³/mol. The van der Waals surface area contributed by atoms with Crippen molar-refractivity contribution in [1.29, 1.82) is 0 Å². The van der Waals surface area contributed by atoms with E-state index in [2.05, 4.69) is 0 Å². The third-order valence-corrected chi connectivity index (χ3v) is 3.07. The van der Waals surface area contributed by atoms with Gasteiger partial charge in [0.05, 0.1) is 19.2 Å². The number of fused-ring (bicyclic) bond motifs is 1. The van der Waals surface area contributed by atoms with E-state index in [0.717, 1.165) is 0 Å². The number of para-hydroxylation sites is 1. The second-order valence-electron chi connectivity index (χ2n) is 4.15. The molecule has 2 rings (SSSR count). The van der Waals surface area contributed by atoms with Crippen LogP contribution in [0.5, 0.6) is 5.75 Å². The third-order valence-electron chi connectivity index (χ3n) is 3.07. The zero-order chi connectivity index (χ0) is 13.5. The van der Waals surface area contributed by atoms with Crippen molar-refractivity contribution in [2.75, 3.05) is 19.1 Å². The normalized spacial score (nSPS) is 21.9. The van der Waals surface area contributed by atoms with Gasteiger partial charge in [0.2, 0.25) is 0 Å². The molecule has 0 aliphatic carbocycles. The molecule has 1 heterocycles. The van der Waals surface area contributed by atoms with Crippen LogP contribution in [0.25, 0.3) is 0 Å². The first-order valence-electron chi connectivity index (χ1n) is 5.31. The van der Waals surface area contributed by atoms with Crippen LogP contribution in [0.2, 0.25) is 0 Å². The Kier molecular flexibility index (Phi) is 2.74. The number of likely N-dealkylation sites (N-methyl/N-ethyl adjacent to an activating group) is 1. The first kappa shape index (κ1) is 12.4. The van der Waals surface area contributed by atoms with Crippen LogP contribution in [-0.4, -0.2) is 36.2 Å². The van der Waals surface area contributed by atoms with Crippen LogP contribution in [0.4, 0.5) is 5.69 Å². The highest BCUT2D eigenvalue weighted by atomic mass is 16.5. The van der Waals surface area contributed by atoms with E-state index in [1.54, 1.807) is 12.1 Å². The van der Waals surface area contributed by atoms with Gasteiger partial charge in [-0.2, -0.15) is 0 Å². The standard InChI is InChI=1S/C12H13NO5/c1-13-10-7(4-3-5-8(10)18-2)12(17,11(13)16)6-9(14)15/h3-5,17H,6H2,1-2H3,(H,14,15). The number of carboxylic acids is 1. The van der Waals surface area contributed by atoms with Crippen LogP contribution < -0.4 is 9.64 Å². The Morgan fingerprint density at radius 2 is 2.17 bits per heavy atom. The number of aliphatic hydroxyl groups is 1. The molecular formula is C12H13NO5. The monoisotopic (exact) mass is 251 g/mol. The predicted octanol–water partition coefficient (Wildman–Crippen LogP) is 0.334. The lowest BCUT2D eigenvalue weighted by Crippen LogP contribution is -2.40.